The SMILES string of the molecule is Cc1cccc(C(C)C)c1NC(=O)NCCc1ccc(CO)cc1. The van der Waals surface area contributed by atoms with Gasteiger partial charge in [-0.15, -0.1) is 0 Å². The number of hydrogen-bond donors (Lipinski definition) is 3. The average molecular weight is 326 g/mol. The monoisotopic (exact) mass is 326 g/mol. The molecule has 0 fully saturated rings. The van der Waals surface area contributed by atoms with Crippen LogP contribution in [0.5, 0.6) is 0 Å². The highest BCUT2D eigenvalue weighted by molar-refractivity contribution is 5.91. The van der Waals surface area contributed by atoms with Crippen LogP contribution in [0.2, 0.25) is 0 Å². The van der Waals surface area contributed by atoms with Crippen molar-refractivity contribution in [2.75, 3.05) is 11.9 Å². The lowest BCUT2D eigenvalue weighted by Gasteiger charge is -2.16. The van der Waals surface area contributed by atoms with Gasteiger partial charge in [-0.05, 0) is 41.5 Å². The Balaban J connectivity index is 1.89. The maximum Gasteiger partial charge on any atom is 0.319 e. The lowest BCUT2D eigenvalue weighted by Crippen LogP contribution is -2.31. The number of benzene rings is 2. The van der Waals surface area contributed by atoms with Gasteiger partial charge in [-0.25, -0.2) is 4.79 Å². The summed E-state index contributed by atoms with van der Waals surface area (Å²) >= 11 is 0. The van der Waals surface area contributed by atoms with Gasteiger partial charge in [-0.3, -0.25) is 0 Å². The molecule has 0 saturated heterocycles. The van der Waals surface area contributed by atoms with Crippen LogP contribution in [0.15, 0.2) is 42.5 Å². The summed E-state index contributed by atoms with van der Waals surface area (Å²) in [5, 5.41) is 14.9. The number of anilines is 1. The van der Waals surface area contributed by atoms with Gasteiger partial charge < -0.3 is 15.7 Å². The van der Waals surface area contributed by atoms with E-state index in [1.165, 1.54) is 0 Å². The van der Waals surface area contributed by atoms with Crippen molar-refractivity contribution in [3.8, 4) is 0 Å². The van der Waals surface area contributed by atoms with Crippen LogP contribution in [-0.2, 0) is 13.0 Å². The van der Waals surface area contributed by atoms with Gasteiger partial charge in [0.15, 0.2) is 0 Å². The molecule has 4 nitrogen and oxygen atoms in total. The van der Waals surface area contributed by atoms with E-state index in [1.807, 2.05) is 43.3 Å². The summed E-state index contributed by atoms with van der Waals surface area (Å²) in [7, 11) is 0. The second-order valence-corrected chi connectivity index (χ2v) is 6.30. The van der Waals surface area contributed by atoms with Gasteiger partial charge >= 0.3 is 6.03 Å². The molecule has 0 heterocycles. The van der Waals surface area contributed by atoms with Crippen LogP contribution < -0.4 is 10.6 Å². The van der Waals surface area contributed by atoms with Crippen molar-refractivity contribution < 1.29 is 9.90 Å². The topological polar surface area (TPSA) is 61.4 Å². The summed E-state index contributed by atoms with van der Waals surface area (Å²) in [5.74, 6) is 0.352. The predicted molar refractivity (Wildman–Crippen MR) is 98.4 cm³/mol. The van der Waals surface area contributed by atoms with Crippen molar-refractivity contribution in [1.29, 1.82) is 0 Å². The number of aryl methyl sites for hydroxylation is 1. The Morgan fingerprint density at radius 3 is 2.38 bits per heavy atom. The molecule has 0 unspecified atom stereocenters. The Morgan fingerprint density at radius 2 is 1.75 bits per heavy atom. The molecule has 0 aromatic heterocycles. The molecule has 0 atom stereocenters. The summed E-state index contributed by atoms with van der Waals surface area (Å²) in [6, 6.07) is 13.6. The van der Waals surface area contributed by atoms with Gasteiger partial charge in [0, 0.05) is 12.2 Å². The Bertz CT molecular complexity index is 679. The molecule has 2 aromatic carbocycles. The Kier molecular flexibility index (Phi) is 6.38. The molecule has 2 aromatic rings. The van der Waals surface area contributed by atoms with Crippen molar-refractivity contribution >= 4 is 11.7 Å². The van der Waals surface area contributed by atoms with Crippen LogP contribution in [0.3, 0.4) is 0 Å². The largest absolute Gasteiger partial charge is 0.392 e. The van der Waals surface area contributed by atoms with E-state index in [1.54, 1.807) is 0 Å². The molecule has 3 N–H and O–H groups in total. The highest BCUT2D eigenvalue weighted by Crippen LogP contribution is 2.27. The number of aliphatic hydroxyl groups is 1. The molecular weight excluding hydrogens is 300 g/mol. The van der Waals surface area contributed by atoms with Crippen molar-refractivity contribution in [3.63, 3.8) is 0 Å². The third-order valence-corrected chi connectivity index (χ3v) is 4.07. The van der Waals surface area contributed by atoms with Gasteiger partial charge in [0.1, 0.15) is 0 Å². The fourth-order valence-corrected chi connectivity index (χ4v) is 2.63. The minimum atomic E-state index is -0.182. The first kappa shape index (κ1) is 18.0. The molecule has 0 saturated carbocycles. The third-order valence-electron chi connectivity index (χ3n) is 4.07. The number of para-hydroxylation sites is 1. The number of carbonyl (C=O) groups is 1. The van der Waals surface area contributed by atoms with E-state index in [0.717, 1.165) is 34.4 Å². The quantitative estimate of drug-likeness (QED) is 0.752. The summed E-state index contributed by atoms with van der Waals surface area (Å²) in [6.45, 7) is 6.86. The first-order valence-electron chi connectivity index (χ1n) is 8.34. The van der Waals surface area contributed by atoms with Gasteiger partial charge in [-0.2, -0.15) is 0 Å². The second-order valence-electron chi connectivity index (χ2n) is 6.30. The minimum absolute atomic E-state index is 0.0511. The fraction of sp³-hybridized carbons (Fsp3) is 0.350. The smallest absolute Gasteiger partial charge is 0.319 e. The molecule has 0 aliphatic carbocycles. The van der Waals surface area contributed by atoms with Crippen LogP contribution in [0.1, 0.15) is 42.0 Å². The van der Waals surface area contributed by atoms with E-state index in [2.05, 4.69) is 30.5 Å². The Labute approximate surface area is 143 Å². The summed E-state index contributed by atoms with van der Waals surface area (Å²) in [6.07, 6.45) is 0.754. The number of carbonyl (C=O) groups excluding carboxylic acids is 1. The van der Waals surface area contributed by atoms with Crippen molar-refractivity contribution in [2.24, 2.45) is 0 Å². The van der Waals surface area contributed by atoms with Crippen molar-refractivity contribution in [2.45, 2.75) is 39.7 Å². The standard InChI is InChI=1S/C20H26N2O2/c1-14(2)18-6-4-5-15(3)19(18)22-20(24)21-12-11-16-7-9-17(13-23)10-8-16/h4-10,14,23H,11-13H2,1-3H3,(H2,21,22,24). The number of urea groups is 1. The number of amides is 2. The molecule has 2 amide bonds. The maximum absolute atomic E-state index is 12.2. The lowest BCUT2D eigenvalue weighted by molar-refractivity contribution is 0.252. The van der Waals surface area contributed by atoms with E-state index in [9.17, 15) is 4.79 Å². The van der Waals surface area contributed by atoms with Crippen LogP contribution in [0, 0.1) is 6.92 Å². The highest BCUT2D eigenvalue weighted by atomic mass is 16.3. The van der Waals surface area contributed by atoms with Crippen molar-refractivity contribution in [3.05, 3.63) is 64.7 Å². The van der Waals surface area contributed by atoms with Crippen LogP contribution in [0.4, 0.5) is 10.5 Å². The normalized spacial score (nSPS) is 10.7. The van der Waals surface area contributed by atoms with E-state index in [-0.39, 0.29) is 12.6 Å². The second kappa shape index (κ2) is 8.50. The zero-order valence-electron chi connectivity index (χ0n) is 14.6. The van der Waals surface area contributed by atoms with Crippen LogP contribution >= 0.6 is 0 Å². The Morgan fingerprint density at radius 1 is 1.08 bits per heavy atom. The van der Waals surface area contributed by atoms with E-state index in [0.29, 0.717) is 12.5 Å². The molecule has 0 radical (unpaired) electrons. The zero-order valence-corrected chi connectivity index (χ0v) is 14.6. The zero-order chi connectivity index (χ0) is 17.5. The van der Waals surface area contributed by atoms with E-state index < -0.39 is 0 Å². The third kappa shape index (κ3) is 4.83. The molecule has 0 spiro atoms. The van der Waals surface area contributed by atoms with Gasteiger partial charge in [0.05, 0.1) is 6.61 Å². The molecule has 128 valence electrons. The average Bonchev–Trinajstić information content (AvgIpc) is 2.57. The first-order chi connectivity index (χ1) is 11.5. The van der Waals surface area contributed by atoms with Crippen LogP contribution in [-0.4, -0.2) is 17.7 Å². The molecule has 24 heavy (non-hydrogen) atoms. The predicted octanol–water partition coefficient (Wildman–Crippen LogP) is 3.97. The van der Waals surface area contributed by atoms with Crippen LogP contribution in [0.25, 0.3) is 0 Å². The molecule has 0 aliphatic rings. The first-order valence-corrected chi connectivity index (χ1v) is 8.34. The summed E-state index contributed by atoms with van der Waals surface area (Å²) in [5.41, 5.74) is 5.13. The van der Waals surface area contributed by atoms with E-state index >= 15 is 0 Å². The van der Waals surface area contributed by atoms with Crippen molar-refractivity contribution in [1.82, 2.24) is 5.32 Å². The summed E-state index contributed by atoms with van der Waals surface area (Å²) in [4.78, 5) is 12.2. The minimum Gasteiger partial charge on any atom is -0.392 e. The maximum atomic E-state index is 12.2. The highest BCUT2D eigenvalue weighted by Gasteiger charge is 2.11. The lowest BCUT2D eigenvalue weighted by atomic mass is 9.98. The van der Waals surface area contributed by atoms with E-state index in [4.69, 9.17) is 5.11 Å². The molecule has 4 heteroatoms. The molecule has 2 rings (SSSR count). The van der Waals surface area contributed by atoms with Gasteiger partial charge in [0.25, 0.3) is 0 Å². The number of hydrogen-bond acceptors (Lipinski definition) is 2. The number of rotatable bonds is 6. The molecular formula is C20H26N2O2. The van der Waals surface area contributed by atoms with Gasteiger partial charge in [-0.1, -0.05) is 56.3 Å². The van der Waals surface area contributed by atoms with Gasteiger partial charge in [0.2, 0.25) is 0 Å². The molecule has 0 bridgehead atoms. The Hall–Kier alpha value is -2.33. The molecule has 0 aliphatic heterocycles. The summed E-state index contributed by atoms with van der Waals surface area (Å²) < 4.78 is 0. The number of aliphatic hydroxyl groups excluding tert-OH is 1. The fourth-order valence-electron chi connectivity index (χ4n) is 2.63. The number of nitrogens with one attached hydrogen (secondary N) is 2.